The Morgan fingerprint density at radius 1 is 0.966 bits per heavy atom. The number of rotatable bonds is 8. The van der Waals surface area contributed by atoms with E-state index < -0.39 is 0 Å². The van der Waals surface area contributed by atoms with E-state index in [-0.39, 0.29) is 12.0 Å². The van der Waals surface area contributed by atoms with Crippen LogP contribution in [-0.2, 0) is 0 Å². The molecule has 0 aliphatic heterocycles. The number of halogens is 1. The maximum Gasteiger partial charge on any atom is 0.193 e. The average Bonchev–Trinajstić information content (AvgIpc) is 2.74. The second-order valence-electron chi connectivity index (χ2n) is 6.82. The number of nitrogens with two attached hydrogens (primary N) is 1. The van der Waals surface area contributed by atoms with Crippen LogP contribution in [0.1, 0.15) is 36.9 Å². The van der Waals surface area contributed by atoms with E-state index in [1.165, 1.54) is 0 Å². The molecular formula is C24H26ClN3O. The van der Waals surface area contributed by atoms with Crippen LogP contribution in [0.4, 0.5) is 5.69 Å². The predicted octanol–water partition coefficient (Wildman–Crippen LogP) is 6.01. The molecule has 0 fully saturated rings. The third-order valence-corrected chi connectivity index (χ3v) is 4.95. The van der Waals surface area contributed by atoms with Crippen LogP contribution in [0.5, 0.6) is 5.75 Å². The molecule has 3 aromatic carbocycles. The molecule has 0 spiro atoms. The molecule has 0 radical (unpaired) electrons. The monoisotopic (exact) mass is 407 g/mol. The number of hydrogen-bond donors (Lipinski definition) is 2. The molecule has 150 valence electrons. The first-order valence-corrected chi connectivity index (χ1v) is 10.1. The Labute approximate surface area is 177 Å². The fourth-order valence-corrected chi connectivity index (χ4v) is 3.36. The summed E-state index contributed by atoms with van der Waals surface area (Å²) in [7, 11) is 0. The van der Waals surface area contributed by atoms with Gasteiger partial charge in [0, 0.05) is 10.7 Å². The number of hydrogen-bond acceptors (Lipinski definition) is 2. The molecule has 3 N–H and O–H groups in total. The first-order valence-electron chi connectivity index (χ1n) is 9.76. The molecule has 0 aromatic heterocycles. The van der Waals surface area contributed by atoms with Crippen molar-refractivity contribution in [3.05, 3.63) is 95.0 Å². The molecule has 0 saturated carbocycles. The lowest BCUT2D eigenvalue weighted by molar-refractivity contribution is 0.309. The zero-order chi connectivity index (χ0) is 20.6. The highest BCUT2D eigenvalue weighted by Gasteiger charge is 2.25. The number of benzene rings is 3. The third-order valence-electron chi connectivity index (χ3n) is 4.70. The fourth-order valence-electron chi connectivity index (χ4n) is 3.24. The first-order chi connectivity index (χ1) is 14.1. The van der Waals surface area contributed by atoms with E-state index in [2.05, 4.69) is 6.92 Å². The van der Waals surface area contributed by atoms with Gasteiger partial charge in [0.1, 0.15) is 5.75 Å². The molecule has 5 heteroatoms. The van der Waals surface area contributed by atoms with Gasteiger partial charge in [0.15, 0.2) is 5.96 Å². The molecule has 3 rings (SSSR count). The van der Waals surface area contributed by atoms with Crippen molar-refractivity contribution in [2.45, 2.75) is 25.8 Å². The van der Waals surface area contributed by atoms with Gasteiger partial charge < -0.3 is 15.4 Å². The average molecular weight is 408 g/mol. The second-order valence-corrected chi connectivity index (χ2v) is 7.25. The zero-order valence-corrected chi connectivity index (χ0v) is 17.3. The molecule has 0 amide bonds. The molecule has 29 heavy (non-hydrogen) atoms. The topological polar surface area (TPSA) is 62.3 Å². The van der Waals surface area contributed by atoms with Crippen LogP contribution in [0.25, 0.3) is 0 Å². The van der Waals surface area contributed by atoms with Gasteiger partial charge in [0.2, 0.25) is 0 Å². The Bertz CT molecular complexity index is 911. The minimum absolute atomic E-state index is 0.0338. The summed E-state index contributed by atoms with van der Waals surface area (Å²) in [6, 6.07) is 25.2. The van der Waals surface area contributed by atoms with Crippen molar-refractivity contribution in [1.29, 1.82) is 5.41 Å². The van der Waals surface area contributed by atoms with Crippen LogP contribution in [0.2, 0.25) is 5.02 Å². The summed E-state index contributed by atoms with van der Waals surface area (Å²) in [6.45, 7) is 2.83. The molecule has 1 unspecified atom stereocenters. The Balaban J connectivity index is 1.98. The van der Waals surface area contributed by atoms with Crippen molar-refractivity contribution in [2.75, 3.05) is 11.5 Å². The first kappa shape index (κ1) is 20.7. The van der Waals surface area contributed by atoms with E-state index in [4.69, 9.17) is 27.5 Å². The van der Waals surface area contributed by atoms with E-state index in [0.717, 1.165) is 35.4 Å². The number of anilines is 1. The van der Waals surface area contributed by atoms with Gasteiger partial charge in [-0.2, -0.15) is 0 Å². The van der Waals surface area contributed by atoms with Crippen molar-refractivity contribution < 1.29 is 4.74 Å². The summed E-state index contributed by atoms with van der Waals surface area (Å²) < 4.78 is 5.77. The highest BCUT2D eigenvalue weighted by molar-refractivity contribution is 6.30. The molecular weight excluding hydrogens is 382 g/mol. The predicted molar refractivity (Wildman–Crippen MR) is 121 cm³/mol. The number of unbranched alkanes of at least 4 members (excludes halogenated alkanes) is 1. The smallest absolute Gasteiger partial charge is 0.193 e. The summed E-state index contributed by atoms with van der Waals surface area (Å²) in [5.41, 5.74) is 8.92. The van der Waals surface area contributed by atoms with Gasteiger partial charge in [-0.1, -0.05) is 67.4 Å². The van der Waals surface area contributed by atoms with Crippen molar-refractivity contribution in [3.63, 3.8) is 0 Å². The van der Waals surface area contributed by atoms with Crippen molar-refractivity contribution >= 4 is 23.2 Å². The van der Waals surface area contributed by atoms with Crippen LogP contribution in [0, 0.1) is 5.41 Å². The van der Waals surface area contributed by atoms with Crippen molar-refractivity contribution in [2.24, 2.45) is 5.73 Å². The van der Waals surface area contributed by atoms with E-state index in [1.807, 2.05) is 83.8 Å². The van der Waals surface area contributed by atoms with E-state index in [9.17, 15) is 0 Å². The second kappa shape index (κ2) is 9.99. The summed E-state index contributed by atoms with van der Waals surface area (Å²) in [5, 5.41) is 8.97. The Morgan fingerprint density at radius 3 is 2.17 bits per heavy atom. The van der Waals surface area contributed by atoms with Gasteiger partial charge in [-0.15, -0.1) is 0 Å². The number of ether oxygens (including phenoxy) is 1. The van der Waals surface area contributed by atoms with Crippen LogP contribution in [-0.4, -0.2) is 12.6 Å². The molecule has 0 saturated heterocycles. The van der Waals surface area contributed by atoms with E-state index in [1.54, 1.807) is 0 Å². The van der Waals surface area contributed by atoms with Gasteiger partial charge in [-0.3, -0.25) is 5.41 Å². The van der Waals surface area contributed by atoms with Crippen LogP contribution < -0.4 is 15.4 Å². The minimum Gasteiger partial charge on any atom is -0.494 e. The number of nitrogens with zero attached hydrogens (tertiary/aromatic N) is 1. The molecule has 4 nitrogen and oxygen atoms in total. The van der Waals surface area contributed by atoms with Gasteiger partial charge in [0.25, 0.3) is 0 Å². The largest absolute Gasteiger partial charge is 0.494 e. The quantitative estimate of drug-likeness (QED) is 0.273. The Hall–Kier alpha value is -2.98. The van der Waals surface area contributed by atoms with Crippen LogP contribution in [0.15, 0.2) is 78.9 Å². The summed E-state index contributed by atoms with van der Waals surface area (Å²) in [6.07, 6.45) is 2.12. The Kier molecular flexibility index (Phi) is 7.14. The maximum absolute atomic E-state index is 8.30. The molecule has 0 aliphatic carbocycles. The zero-order valence-electron chi connectivity index (χ0n) is 16.5. The van der Waals surface area contributed by atoms with Crippen molar-refractivity contribution in [1.82, 2.24) is 0 Å². The van der Waals surface area contributed by atoms with Crippen LogP contribution in [0.3, 0.4) is 0 Å². The maximum atomic E-state index is 8.30. The van der Waals surface area contributed by atoms with E-state index >= 15 is 0 Å². The lowest BCUT2D eigenvalue weighted by Crippen LogP contribution is -2.40. The van der Waals surface area contributed by atoms with Gasteiger partial charge >= 0.3 is 0 Å². The highest BCUT2D eigenvalue weighted by atomic mass is 35.5. The van der Waals surface area contributed by atoms with Gasteiger partial charge in [-0.25, -0.2) is 0 Å². The summed E-state index contributed by atoms with van der Waals surface area (Å²) >= 11 is 6.10. The molecule has 1 atom stereocenters. The lowest BCUT2D eigenvalue weighted by Gasteiger charge is -2.33. The SMILES string of the molecule is CCCCOc1ccc(N(C(=N)N)C(c2ccccc2)c2ccc(Cl)cc2)cc1. The lowest BCUT2D eigenvalue weighted by atomic mass is 9.96. The van der Waals surface area contributed by atoms with Gasteiger partial charge in [0.05, 0.1) is 12.6 Å². The number of nitrogens with one attached hydrogen (secondary N) is 1. The summed E-state index contributed by atoms with van der Waals surface area (Å²) in [4.78, 5) is 1.81. The third kappa shape index (κ3) is 5.30. The standard InChI is InChI=1S/C24H26ClN3O/c1-2-3-17-29-22-15-13-21(14-16-22)28(24(26)27)23(18-7-5-4-6-8-18)19-9-11-20(25)12-10-19/h4-16,23H,2-3,17H2,1H3,(H3,26,27). The molecule has 0 bridgehead atoms. The van der Waals surface area contributed by atoms with Gasteiger partial charge in [-0.05, 0) is 53.9 Å². The fraction of sp³-hybridized carbons (Fsp3) is 0.208. The normalized spacial score (nSPS) is 11.7. The highest BCUT2D eigenvalue weighted by Crippen LogP contribution is 2.34. The molecule has 3 aromatic rings. The van der Waals surface area contributed by atoms with Crippen molar-refractivity contribution in [3.8, 4) is 5.75 Å². The number of guanidine groups is 1. The minimum atomic E-state index is -0.252. The molecule has 0 heterocycles. The molecule has 0 aliphatic rings. The van der Waals surface area contributed by atoms with Crippen LogP contribution >= 0.6 is 11.6 Å². The summed E-state index contributed by atoms with van der Waals surface area (Å²) in [5.74, 6) is 0.780. The van der Waals surface area contributed by atoms with E-state index in [0.29, 0.717) is 11.6 Å². The Morgan fingerprint density at radius 2 is 1.59 bits per heavy atom.